The topological polar surface area (TPSA) is 55.6 Å². The van der Waals surface area contributed by atoms with E-state index in [4.69, 9.17) is 9.26 Å². The van der Waals surface area contributed by atoms with E-state index in [0.717, 1.165) is 41.8 Å². The highest BCUT2D eigenvalue weighted by molar-refractivity contribution is 5.76. The molecule has 4 rings (SSSR count). The lowest BCUT2D eigenvalue weighted by Crippen LogP contribution is -2.43. The maximum absolute atomic E-state index is 12.6. The predicted octanol–water partition coefficient (Wildman–Crippen LogP) is 4.25. The largest absolute Gasteiger partial charge is 0.445 e. The molecule has 5 heteroatoms. The van der Waals surface area contributed by atoms with E-state index in [0.29, 0.717) is 6.61 Å². The van der Waals surface area contributed by atoms with Gasteiger partial charge in [0.1, 0.15) is 12.4 Å². The van der Waals surface area contributed by atoms with Crippen LogP contribution in [-0.2, 0) is 11.3 Å². The van der Waals surface area contributed by atoms with E-state index in [-0.39, 0.29) is 18.2 Å². The lowest BCUT2D eigenvalue weighted by Gasteiger charge is -2.33. The quantitative estimate of drug-likeness (QED) is 0.839. The van der Waals surface area contributed by atoms with Crippen LogP contribution in [0.5, 0.6) is 0 Å². The van der Waals surface area contributed by atoms with Gasteiger partial charge in [-0.05, 0) is 44.2 Å². The molecule has 0 radical (unpaired) electrons. The zero-order valence-electron chi connectivity index (χ0n) is 14.6. The van der Waals surface area contributed by atoms with Gasteiger partial charge in [0.2, 0.25) is 0 Å². The van der Waals surface area contributed by atoms with Crippen LogP contribution in [0.3, 0.4) is 0 Å². The minimum Gasteiger partial charge on any atom is -0.445 e. The Hall–Kier alpha value is -2.56. The fraction of sp³-hybridized carbons (Fsp3) is 0.400. The monoisotopic (exact) mass is 338 g/mol. The van der Waals surface area contributed by atoms with Crippen LogP contribution in [0.25, 0.3) is 5.57 Å². The van der Waals surface area contributed by atoms with Crippen LogP contribution in [0.4, 0.5) is 4.79 Å². The van der Waals surface area contributed by atoms with E-state index in [9.17, 15) is 4.79 Å². The minimum absolute atomic E-state index is 0.103. The van der Waals surface area contributed by atoms with Gasteiger partial charge in [0, 0.05) is 11.6 Å². The van der Waals surface area contributed by atoms with Crippen molar-refractivity contribution in [3.05, 3.63) is 59.0 Å². The molecular weight excluding hydrogens is 316 g/mol. The van der Waals surface area contributed by atoms with Crippen molar-refractivity contribution in [2.24, 2.45) is 0 Å². The molecule has 1 saturated heterocycles. The van der Waals surface area contributed by atoms with Crippen molar-refractivity contribution in [1.29, 1.82) is 0 Å². The van der Waals surface area contributed by atoms with Gasteiger partial charge in [0.25, 0.3) is 0 Å². The number of hydrogen-bond acceptors (Lipinski definition) is 4. The summed E-state index contributed by atoms with van der Waals surface area (Å²) in [5, 5.41) is 4.06. The number of aryl methyl sites for hydroxylation is 2. The average Bonchev–Trinajstić information content (AvgIpc) is 3.09. The molecule has 2 bridgehead atoms. The molecule has 1 amide bonds. The number of carbonyl (C=O) groups is 1. The van der Waals surface area contributed by atoms with Gasteiger partial charge in [0.15, 0.2) is 0 Å². The lowest BCUT2D eigenvalue weighted by atomic mass is 9.94. The summed E-state index contributed by atoms with van der Waals surface area (Å²) in [6, 6.07) is 10.1. The third kappa shape index (κ3) is 2.95. The lowest BCUT2D eigenvalue weighted by molar-refractivity contribution is 0.0832. The summed E-state index contributed by atoms with van der Waals surface area (Å²) >= 11 is 0. The molecule has 0 saturated carbocycles. The first kappa shape index (κ1) is 15.9. The second kappa shape index (κ2) is 6.39. The van der Waals surface area contributed by atoms with Crippen LogP contribution in [0.2, 0.25) is 0 Å². The van der Waals surface area contributed by atoms with Gasteiger partial charge in [-0.3, -0.25) is 4.90 Å². The number of benzene rings is 1. The maximum Gasteiger partial charge on any atom is 0.410 e. The van der Waals surface area contributed by atoms with E-state index in [2.05, 4.69) is 11.2 Å². The number of ether oxygens (including phenoxy) is 1. The number of nitrogens with zero attached hydrogens (tertiary/aromatic N) is 2. The van der Waals surface area contributed by atoms with Crippen molar-refractivity contribution in [2.75, 3.05) is 0 Å². The second-order valence-corrected chi connectivity index (χ2v) is 6.84. The molecular formula is C20H22N2O3. The fourth-order valence-electron chi connectivity index (χ4n) is 4.04. The fourth-order valence-corrected chi connectivity index (χ4v) is 4.04. The molecule has 130 valence electrons. The van der Waals surface area contributed by atoms with Gasteiger partial charge < -0.3 is 9.26 Å². The first-order valence-corrected chi connectivity index (χ1v) is 8.76. The zero-order chi connectivity index (χ0) is 17.4. The Bertz CT molecular complexity index is 790. The van der Waals surface area contributed by atoms with E-state index in [1.54, 1.807) is 0 Å². The summed E-state index contributed by atoms with van der Waals surface area (Å²) in [7, 11) is 0. The summed E-state index contributed by atoms with van der Waals surface area (Å²) in [5.74, 6) is 0.850. The Labute approximate surface area is 147 Å². The number of hydrogen-bond donors (Lipinski definition) is 0. The molecule has 2 aliphatic rings. The molecule has 2 atom stereocenters. The Balaban J connectivity index is 1.49. The predicted molar refractivity (Wildman–Crippen MR) is 93.8 cm³/mol. The molecule has 3 heterocycles. The molecule has 1 aromatic heterocycles. The van der Waals surface area contributed by atoms with Crippen LogP contribution in [-0.4, -0.2) is 28.2 Å². The van der Waals surface area contributed by atoms with Gasteiger partial charge in [0.05, 0.1) is 11.7 Å². The van der Waals surface area contributed by atoms with Gasteiger partial charge in [-0.1, -0.05) is 41.6 Å². The van der Waals surface area contributed by atoms with E-state index >= 15 is 0 Å². The van der Waals surface area contributed by atoms with E-state index < -0.39 is 0 Å². The van der Waals surface area contributed by atoms with Crippen LogP contribution < -0.4 is 0 Å². The normalized spacial score (nSPS) is 22.0. The van der Waals surface area contributed by atoms with Gasteiger partial charge in [-0.2, -0.15) is 0 Å². The third-order valence-corrected chi connectivity index (χ3v) is 5.17. The number of aromatic nitrogens is 1. The molecule has 1 aromatic carbocycles. The average molecular weight is 338 g/mol. The Kier molecular flexibility index (Phi) is 4.07. The zero-order valence-corrected chi connectivity index (χ0v) is 14.6. The van der Waals surface area contributed by atoms with Crippen molar-refractivity contribution in [3.63, 3.8) is 0 Å². The van der Waals surface area contributed by atoms with E-state index in [1.807, 2.05) is 49.1 Å². The minimum atomic E-state index is -0.217. The van der Waals surface area contributed by atoms with Crippen LogP contribution in [0.1, 0.15) is 41.8 Å². The number of fused-ring (bicyclic) bond motifs is 2. The molecule has 0 spiro atoms. The summed E-state index contributed by atoms with van der Waals surface area (Å²) in [5.41, 5.74) is 4.28. The van der Waals surface area contributed by atoms with Crippen molar-refractivity contribution >= 4 is 11.7 Å². The Morgan fingerprint density at radius 1 is 1.28 bits per heavy atom. The van der Waals surface area contributed by atoms with Gasteiger partial charge in [-0.25, -0.2) is 4.79 Å². The summed E-state index contributed by atoms with van der Waals surface area (Å²) in [4.78, 5) is 14.5. The van der Waals surface area contributed by atoms with Gasteiger partial charge in [-0.15, -0.1) is 0 Å². The molecule has 1 fully saturated rings. The van der Waals surface area contributed by atoms with Crippen LogP contribution in [0, 0.1) is 13.8 Å². The molecule has 0 N–H and O–H groups in total. The van der Waals surface area contributed by atoms with E-state index in [1.165, 1.54) is 5.57 Å². The highest BCUT2D eigenvalue weighted by atomic mass is 16.6. The first-order valence-electron chi connectivity index (χ1n) is 8.76. The number of carbonyl (C=O) groups excluding carboxylic acids is 1. The number of amides is 1. The summed E-state index contributed by atoms with van der Waals surface area (Å²) in [6.07, 6.45) is 4.80. The molecule has 2 aliphatic heterocycles. The Morgan fingerprint density at radius 2 is 2.08 bits per heavy atom. The van der Waals surface area contributed by atoms with Crippen molar-refractivity contribution in [3.8, 4) is 0 Å². The third-order valence-electron chi connectivity index (χ3n) is 5.17. The summed E-state index contributed by atoms with van der Waals surface area (Å²) in [6.45, 7) is 4.23. The van der Waals surface area contributed by atoms with Gasteiger partial charge >= 0.3 is 6.09 Å². The Morgan fingerprint density at radius 3 is 2.76 bits per heavy atom. The second-order valence-electron chi connectivity index (χ2n) is 6.84. The van der Waals surface area contributed by atoms with Crippen molar-refractivity contribution in [2.45, 2.75) is 51.8 Å². The molecule has 0 aliphatic carbocycles. The highest BCUT2D eigenvalue weighted by Crippen LogP contribution is 2.40. The van der Waals surface area contributed by atoms with Crippen LogP contribution in [0.15, 0.2) is 40.9 Å². The van der Waals surface area contributed by atoms with Crippen LogP contribution >= 0.6 is 0 Å². The standard InChI is InChI=1S/C20H22N2O3/c1-13-19(14(2)25-21-13)16-10-17-8-9-18(11-16)22(17)20(23)24-12-15-6-4-3-5-7-15/h3-7,10,17-18H,8-9,11-12H2,1-2H3. The molecule has 25 heavy (non-hydrogen) atoms. The maximum atomic E-state index is 12.6. The highest BCUT2D eigenvalue weighted by Gasteiger charge is 2.41. The first-order chi connectivity index (χ1) is 12.1. The SMILES string of the molecule is Cc1noc(C)c1C1=CC2CCC(C1)N2C(=O)OCc1ccccc1. The van der Waals surface area contributed by atoms with Crippen molar-refractivity contribution in [1.82, 2.24) is 10.1 Å². The molecule has 2 aromatic rings. The smallest absolute Gasteiger partial charge is 0.410 e. The summed E-state index contributed by atoms with van der Waals surface area (Å²) < 4.78 is 10.9. The molecule has 2 unspecified atom stereocenters. The number of rotatable bonds is 3. The van der Waals surface area contributed by atoms with Crippen molar-refractivity contribution < 1.29 is 14.1 Å². The molecule has 5 nitrogen and oxygen atoms in total.